The van der Waals surface area contributed by atoms with Gasteiger partial charge in [-0.05, 0) is 24.5 Å². The van der Waals surface area contributed by atoms with Crippen LogP contribution in [0.15, 0.2) is 73.3 Å². The molecule has 1 atom stereocenters. The van der Waals surface area contributed by atoms with E-state index in [2.05, 4.69) is 11.5 Å². The van der Waals surface area contributed by atoms with Gasteiger partial charge < -0.3 is 4.74 Å². The number of piperazine rings is 1. The van der Waals surface area contributed by atoms with Gasteiger partial charge in [-0.25, -0.2) is 9.69 Å². The van der Waals surface area contributed by atoms with Crippen molar-refractivity contribution in [1.82, 2.24) is 9.80 Å². The lowest BCUT2D eigenvalue weighted by molar-refractivity contribution is -0.148. The monoisotopic (exact) mass is 378 g/mol. The van der Waals surface area contributed by atoms with Crippen LogP contribution in [0.3, 0.4) is 0 Å². The number of rotatable bonds is 6. The van der Waals surface area contributed by atoms with Gasteiger partial charge in [-0.15, -0.1) is 6.58 Å². The van der Waals surface area contributed by atoms with Crippen LogP contribution in [0.2, 0.25) is 0 Å². The molecule has 0 bridgehead atoms. The Morgan fingerprint density at radius 2 is 1.68 bits per heavy atom. The molecule has 5 nitrogen and oxygen atoms in total. The number of ether oxygens (including phenoxy) is 1. The number of carbonyl (C=O) groups excluding carboxylic acids is 2. The highest BCUT2D eigenvalue weighted by atomic mass is 16.6. The molecule has 1 heterocycles. The van der Waals surface area contributed by atoms with Crippen LogP contribution in [0, 0.1) is 0 Å². The third-order valence-electron chi connectivity index (χ3n) is 5.18. The minimum atomic E-state index is -0.832. The zero-order chi connectivity index (χ0) is 20.0. The molecule has 2 amide bonds. The Morgan fingerprint density at radius 3 is 2.29 bits per heavy atom. The molecule has 0 N–H and O–H groups in total. The lowest BCUT2D eigenvalue weighted by Gasteiger charge is -2.46. The van der Waals surface area contributed by atoms with E-state index in [4.69, 9.17) is 4.74 Å². The van der Waals surface area contributed by atoms with Crippen LogP contribution in [-0.4, -0.2) is 40.4 Å². The summed E-state index contributed by atoms with van der Waals surface area (Å²) < 4.78 is 5.38. The zero-order valence-corrected chi connectivity index (χ0v) is 16.2. The van der Waals surface area contributed by atoms with Crippen molar-refractivity contribution in [1.29, 1.82) is 0 Å². The van der Waals surface area contributed by atoms with E-state index in [-0.39, 0.29) is 12.5 Å². The van der Waals surface area contributed by atoms with Crippen LogP contribution in [-0.2, 0) is 22.7 Å². The van der Waals surface area contributed by atoms with Gasteiger partial charge in [0.05, 0.1) is 0 Å². The second kappa shape index (κ2) is 8.85. The van der Waals surface area contributed by atoms with Gasteiger partial charge >= 0.3 is 6.09 Å². The average Bonchev–Trinajstić information content (AvgIpc) is 2.72. The summed E-state index contributed by atoms with van der Waals surface area (Å²) in [5, 5.41) is 0. The molecular formula is C23H26N2O3. The molecule has 1 saturated heterocycles. The molecule has 3 rings (SSSR count). The number of benzene rings is 2. The van der Waals surface area contributed by atoms with Gasteiger partial charge in [0.25, 0.3) is 5.91 Å². The lowest BCUT2D eigenvalue weighted by atomic mass is 9.90. The maximum absolute atomic E-state index is 13.2. The fraction of sp³-hybridized carbons (Fsp3) is 0.304. The summed E-state index contributed by atoms with van der Waals surface area (Å²) in [6, 6.07) is 19.5. The Bertz CT molecular complexity index is 822. The highest BCUT2D eigenvalue weighted by Gasteiger charge is 2.47. The van der Waals surface area contributed by atoms with Crippen molar-refractivity contribution in [3.8, 4) is 0 Å². The summed E-state index contributed by atoms with van der Waals surface area (Å²) in [7, 11) is 0. The van der Waals surface area contributed by atoms with E-state index in [1.807, 2.05) is 67.6 Å². The van der Waals surface area contributed by atoms with Gasteiger partial charge in [-0.1, -0.05) is 66.7 Å². The van der Waals surface area contributed by atoms with E-state index in [0.717, 1.165) is 11.1 Å². The van der Waals surface area contributed by atoms with Crippen molar-refractivity contribution in [2.45, 2.75) is 32.0 Å². The molecule has 1 fully saturated rings. The smallest absolute Gasteiger partial charge is 0.416 e. The molecule has 1 aliphatic rings. The minimum absolute atomic E-state index is 0.148. The third kappa shape index (κ3) is 4.31. The summed E-state index contributed by atoms with van der Waals surface area (Å²) in [4.78, 5) is 29.2. The molecule has 0 saturated carbocycles. The van der Waals surface area contributed by atoms with E-state index in [1.165, 1.54) is 4.90 Å². The second-order valence-electron chi connectivity index (χ2n) is 7.17. The topological polar surface area (TPSA) is 49.9 Å². The van der Waals surface area contributed by atoms with Gasteiger partial charge in [-0.2, -0.15) is 0 Å². The number of carbonyl (C=O) groups is 2. The van der Waals surface area contributed by atoms with Gasteiger partial charge in [0.15, 0.2) is 0 Å². The van der Waals surface area contributed by atoms with E-state index in [1.54, 1.807) is 6.08 Å². The van der Waals surface area contributed by atoms with Gasteiger partial charge in [0.1, 0.15) is 12.1 Å². The third-order valence-corrected chi connectivity index (χ3v) is 5.18. The first-order valence-corrected chi connectivity index (χ1v) is 9.47. The molecule has 0 radical (unpaired) electrons. The molecule has 2 aromatic rings. The van der Waals surface area contributed by atoms with Crippen LogP contribution in [0.25, 0.3) is 0 Å². The van der Waals surface area contributed by atoms with E-state index in [0.29, 0.717) is 26.1 Å². The Balaban J connectivity index is 1.71. The van der Waals surface area contributed by atoms with Gasteiger partial charge in [-0.3, -0.25) is 9.69 Å². The molecular weight excluding hydrogens is 352 g/mol. The average molecular weight is 378 g/mol. The predicted octanol–water partition coefficient (Wildman–Crippen LogP) is 4.00. The summed E-state index contributed by atoms with van der Waals surface area (Å²) in [6.07, 6.45) is 1.60. The summed E-state index contributed by atoms with van der Waals surface area (Å²) >= 11 is 0. The standard InChI is InChI=1S/C23H26N2O3/c1-3-14-23(2)21(26)25(22(27)28-18-20-12-8-5-9-13-20)16-15-24(23)17-19-10-6-4-7-11-19/h3-13H,1,14-18H2,2H3/t23-/m0/s1. The summed E-state index contributed by atoms with van der Waals surface area (Å²) in [6.45, 7) is 7.37. The van der Waals surface area contributed by atoms with Crippen molar-refractivity contribution in [2.75, 3.05) is 13.1 Å². The molecule has 2 aromatic carbocycles. The van der Waals surface area contributed by atoms with Crippen molar-refractivity contribution in [2.24, 2.45) is 0 Å². The Kier molecular flexibility index (Phi) is 6.26. The minimum Gasteiger partial charge on any atom is -0.444 e. The molecule has 0 aromatic heterocycles. The van der Waals surface area contributed by atoms with Crippen LogP contribution in [0.1, 0.15) is 24.5 Å². The Hall–Kier alpha value is -2.92. The normalized spacial score (nSPS) is 20.0. The van der Waals surface area contributed by atoms with Crippen LogP contribution < -0.4 is 0 Å². The maximum Gasteiger partial charge on any atom is 0.416 e. The number of hydrogen-bond donors (Lipinski definition) is 0. The zero-order valence-electron chi connectivity index (χ0n) is 16.2. The highest BCUT2D eigenvalue weighted by Crippen LogP contribution is 2.29. The van der Waals surface area contributed by atoms with Crippen molar-refractivity contribution in [3.05, 3.63) is 84.4 Å². The summed E-state index contributed by atoms with van der Waals surface area (Å²) in [5.41, 5.74) is 1.19. The highest BCUT2D eigenvalue weighted by molar-refractivity contribution is 5.98. The lowest BCUT2D eigenvalue weighted by Crippen LogP contribution is -2.65. The largest absolute Gasteiger partial charge is 0.444 e. The number of imide groups is 1. The first kappa shape index (κ1) is 19.8. The number of nitrogens with zero attached hydrogens (tertiary/aromatic N) is 2. The molecule has 0 unspecified atom stereocenters. The fourth-order valence-electron chi connectivity index (χ4n) is 3.52. The number of hydrogen-bond acceptors (Lipinski definition) is 4. The van der Waals surface area contributed by atoms with E-state index < -0.39 is 11.6 Å². The number of amides is 2. The summed E-state index contributed by atoms with van der Waals surface area (Å²) in [5.74, 6) is -0.243. The fourth-order valence-corrected chi connectivity index (χ4v) is 3.52. The molecule has 5 heteroatoms. The van der Waals surface area contributed by atoms with E-state index in [9.17, 15) is 9.59 Å². The van der Waals surface area contributed by atoms with Gasteiger partial charge in [0.2, 0.25) is 0 Å². The van der Waals surface area contributed by atoms with E-state index >= 15 is 0 Å². The molecule has 146 valence electrons. The van der Waals surface area contributed by atoms with Crippen molar-refractivity contribution >= 4 is 12.0 Å². The first-order chi connectivity index (χ1) is 13.5. The Morgan fingerprint density at radius 1 is 1.07 bits per heavy atom. The first-order valence-electron chi connectivity index (χ1n) is 9.47. The van der Waals surface area contributed by atoms with Crippen molar-refractivity contribution in [3.63, 3.8) is 0 Å². The van der Waals surface area contributed by atoms with Crippen LogP contribution in [0.4, 0.5) is 4.79 Å². The van der Waals surface area contributed by atoms with Gasteiger partial charge in [0, 0.05) is 19.6 Å². The van der Waals surface area contributed by atoms with Crippen molar-refractivity contribution < 1.29 is 14.3 Å². The predicted molar refractivity (Wildman–Crippen MR) is 108 cm³/mol. The SMILES string of the molecule is C=CC[C@@]1(C)C(=O)N(C(=O)OCc2ccccc2)CCN1Cc1ccccc1. The van der Waals surface area contributed by atoms with Crippen LogP contribution in [0.5, 0.6) is 0 Å². The quantitative estimate of drug-likeness (QED) is 0.713. The molecule has 28 heavy (non-hydrogen) atoms. The van der Waals surface area contributed by atoms with Crippen LogP contribution >= 0.6 is 0 Å². The molecule has 0 spiro atoms. The maximum atomic E-state index is 13.2. The molecule has 1 aliphatic heterocycles. The Labute approximate surface area is 166 Å². The molecule has 0 aliphatic carbocycles. The second-order valence-corrected chi connectivity index (χ2v) is 7.17.